The van der Waals surface area contributed by atoms with Crippen molar-refractivity contribution in [3.63, 3.8) is 0 Å². The van der Waals surface area contributed by atoms with Crippen molar-refractivity contribution in [2.75, 3.05) is 0 Å². The van der Waals surface area contributed by atoms with Gasteiger partial charge in [-0.05, 0) is 38.2 Å². The van der Waals surface area contributed by atoms with Crippen molar-refractivity contribution in [2.24, 2.45) is 5.92 Å². The number of hydrogen-bond acceptors (Lipinski definition) is 4. The summed E-state index contributed by atoms with van der Waals surface area (Å²) in [7, 11) is 0. The maximum Gasteiger partial charge on any atom is 0.306 e. The van der Waals surface area contributed by atoms with Crippen molar-refractivity contribution < 1.29 is 14.3 Å². The highest BCUT2D eigenvalue weighted by molar-refractivity contribution is 5.86. The van der Waals surface area contributed by atoms with Crippen LogP contribution in [0.25, 0.3) is 0 Å². The van der Waals surface area contributed by atoms with Crippen molar-refractivity contribution >= 4 is 11.8 Å². The van der Waals surface area contributed by atoms with Crippen molar-refractivity contribution in [1.29, 1.82) is 0 Å². The van der Waals surface area contributed by atoms with Crippen molar-refractivity contribution in [1.82, 2.24) is 5.32 Å². The van der Waals surface area contributed by atoms with E-state index in [9.17, 15) is 9.59 Å². The van der Waals surface area contributed by atoms with E-state index in [2.05, 4.69) is 19.2 Å². The predicted molar refractivity (Wildman–Crippen MR) is 106 cm³/mol. The zero-order valence-corrected chi connectivity index (χ0v) is 16.8. The van der Waals surface area contributed by atoms with Gasteiger partial charge >= 0.3 is 5.97 Å². The number of Topliss-reactive ketones (excluding diaryl/α,β-unsaturated/α-hetero) is 1. The number of carbonyl (C=O) groups is 2. The summed E-state index contributed by atoms with van der Waals surface area (Å²) in [6.07, 6.45) is 4.64. The molecule has 1 rings (SSSR count). The maximum absolute atomic E-state index is 12.6. The van der Waals surface area contributed by atoms with Crippen LogP contribution >= 0.6 is 0 Å². The van der Waals surface area contributed by atoms with Crippen molar-refractivity contribution in [2.45, 2.75) is 84.9 Å². The fraction of sp³-hybridized carbons (Fsp3) is 0.636. The fourth-order valence-corrected chi connectivity index (χ4v) is 2.74. The monoisotopic (exact) mass is 361 g/mol. The van der Waals surface area contributed by atoms with Crippen LogP contribution in [0, 0.1) is 5.92 Å². The Morgan fingerprint density at radius 3 is 2.35 bits per heavy atom. The normalized spacial score (nSPS) is 14.5. The number of esters is 1. The summed E-state index contributed by atoms with van der Waals surface area (Å²) < 4.78 is 5.30. The molecule has 0 saturated carbocycles. The van der Waals surface area contributed by atoms with E-state index in [1.807, 2.05) is 44.2 Å². The van der Waals surface area contributed by atoms with Gasteiger partial charge in [-0.3, -0.25) is 9.59 Å². The Morgan fingerprint density at radius 2 is 1.73 bits per heavy atom. The highest BCUT2D eigenvalue weighted by atomic mass is 16.5. The highest BCUT2D eigenvalue weighted by Crippen LogP contribution is 2.13. The molecular formula is C22H35NO3. The van der Waals surface area contributed by atoms with Gasteiger partial charge < -0.3 is 10.1 Å². The minimum atomic E-state index is -0.173. The Kier molecular flexibility index (Phi) is 10.9. The number of hydrogen-bond donors (Lipinski definition) is 1. The SMILES string of the molecule is CCC(C)NC(CCCCC(=O)OCc1ccccc1)C(=O)C(C)CC. The minimum Gasteiger partial charge on any atom is -0.461 e. The van der Waals surface area contributed by atoms with Gasteiger partial charge in [0.1, 0.15) is 6.61 Å². The van der Waals surface area contributed by atoms with Crippen molar-refractivity contribution in [3.8, 4) is 0 Å². The lowest BCUT2D eigenvalue weighted by atomic mass is 9.93. The summed E-state index contributed by atoms with van der Waals surface area (Å²) in [6, 6.07) is 9.90. The molecule has 0 aliphatic rings. The lowest BCUT2D eigenvalue weighted by molar-refractivity contribution is -0.145. The van der Waals surface area contributed by atoms with Crippen LogP contribution in [-0.2, 0) is 20.9 Å². The van der Waals surface area contributed by atoms with Crippen molar-refractivity contribution in [3.05, 3.63) is 35.9 Å². The number of unbranched alkanes of at least 4 members (excludes halogenated alkanes) is 1. The predicted octanol–water partition coefficient (Wildman–Crippen LogP) is 4.66. The molecule has 0 radical (unpaired) electrons. The summed E-state index contributed by atoms with van der Waals surface area (Å²) in [5.41, 5.74) is 0.998. The molecule has 4 nitrogen and oxygen atoms in total. The molecule has 0 heterocycles. The summed E-state index contributed by atoms with van der Waals surface area (Å²) in [6.45, 7) is 8.59. The number of benzene rings is 1. The van der Waals surface area contributed by atoms with E-state index in [0.717, 1.165) is 37.7 Å². The number of nitrogens with one attached hydrogen (secondary N) is 1. The molecule has 1 aromatic carbocycles. The molecule has 1 aromatic rings. The molecule has 0 aliphatic carbocycles. The summed E-state index contributed by atoms with van der Waals surface area (Å²) in [5, 5.41) is 3.45. The Morgan fingerprint density at radius 1 is 1.04 bits per heavy atom. The summed E-state index contributed by atoms with van der Waals surface area (Å²) in [4.78, 5) is 24.4. The number of ether oxygens (including phenoxy) is 1. The van der Waals surface area contributed by atoms with Crippen LogP contribution in [0.5, 0.6) is 0 Å². The average molecular weight is 362 g/mol. The zero-order chi connectivity index (χ0) is 19.4. The van der Waals surface area contributed by atoms with Gasteiger partial charge in [0.25, 0.3) is 0 Å². The second-order valence-corrected chi connectivity index (χ2v) is 7.13. The van der Waals surface area contributed by atoms with Crippen LogP contribution in [0.4, 0.5) is 0 Å². The van der Waals surface area contributed by atoms with E-state index in [1.165, 1.54) is 0 Å². The third-order valence-electron chi connectivity index (χ3n) is 4.91. The minimum absolute atomic E-state index is 0.0763. The van der Waals surface area contributed by atoms with E-state index in [4.69, 9.17) is 4.74 Å². The molecule has 146 valence electrons. The van der Waals surface area contributed by atoms with Gasteiger partial charge in [-0.1, -0.05) is 57.5 Å². The Labute approximate surface area is 158 Å². The largest absolute Gasteiger partial charge is 0.461 e. The maximum atomic E-state index is 12.6. The molecule has 26 heavy (non-hydrogen) atoms. The van der Waals surface area contributed by atoms with Crippen LogP contribution in [0.2, 0.25) is 0 Å². The van der Waals surface area contributed by atoms with E-state index in [1.54, 1.807) is 0 Å². The lowest BCUT2D eigenvalue weighted by Gasteiger charge is -2.24. The van der Waals surface area contributed by atoms with Crippen LogP contribution in [0.15, 0.2) is 30.3 Å². The molecule has 0 spiro atoms. The Bertz CT molecular complexity index is 529. The second-order valence-electron chi connectivity index (χ2n) is 7.13. The average Bonchev–Trinajstić information content (AvgIpc) is 2.67. The van der Waals surface area contributed by atoms with Gasteiger partial charge in [0.15, 0.2) is 5.78 Å². The lowest BCUT2D eigenvalue weighted by Crippen LogP contribution is -2.44. The van der Waals surface area contributed by atoms with Crippen LogP contribution in [-0.4, -0.2) is 23.8 Å². The van der Waals surface area contributed by atoms with E-state index < -0.39 is 0 Å². The first-order chi connectivity index (χ1) is 12.5. The molecular weight excluding hydrogens is 326 g/mol. The molecule has 0 bridgehead atoms. The molecule has 0 aliphatic heterocycles. The Hall–Kier alpha value is -1.68. The van der Waals surface area contributed by atoms with E-state index >= 15 is 0 Å². The van der Waals surface area contributed by atoms with Gasteiger partial charge in [-0.15, -0.1) is 0 Å². The molecule has 0 amide bonds. The molecule has 3 atom stereocenters. The standard InChI is InChI=1S/C22H35NO3/c1-5-17(3)22(25)20(23-18(4)6-2)14-10-11-15-21(24)26-16-19-12-8-7-9-13-19/h7-9,12-13,17-18,20,23H,5-6,10-11,14-16H2,1-4H3. The van der Waals surface area contributed by atoms with Gasteiger partial charge in [-0.2, -0.15) is 0 Å². The first-order valence-corrected chi connectivity index (χ1v) is 9.97. The van der Waals surface area contributed by atoms with Gasteiger partial charge in [-0.25, -0.2) is 0 Å². The molecule has 0 aromatic heterocycles. The molecule has 4 heteroatoms. The van der Waals surface area contributed by atoms with E-state index in [-0.39, 0.29) is 17.9 Å². The van der Waals surface area contributed by atoms with E-state index in [0.29, 0.717) is 24.9 Å². The third-order valence-corrected chi connectivity index (χ3v) is 4.91. The molecule has 0 fully saturated rings. The van der Waals surface area contributed by atoms with Crippen LogP contribution in [0.1, 0.15) is 71.8 Å². The highest BCUT2D eigenvalue weighted by Gasteiger charge is 2.23. The quantitative estimate of drug-likeness (QED) is 0.410. The first-order valence-electron chi connectivity index (χ1n) is 9.97. The Balaban J connectivity index is 2.34. The number of carbonyl (C=O) groups excluding carboxylic acids is 2. The first kappa shape index (κ1) is 22.4. The smallest absolute Gasteiger partial charge is 0.306 e. The van der Waals surface area contributed by atoms with Crippen LogP contribution in [0.3, 0.4) is 0 Å². The van der Waals surface area contributed by atoms with Crippen LogP contribution < -0.4 is 5.32 Å². The zero-order valence-electron chi connectivity index (χ0n) is 16.8. The van der Waals surface area contributed by atoms with Gasteiger partial charge in [0.05, 0.1) is 6.04 Å². The van der Waals surface area contributed by atoms with Gasteiger partial charge in [0, 0.05) is 18.4 Å². The molecule has 3 unspecified atom stereocenters. The topological polar surface area (TPSA) is 55.4 Å². The summed E-state index contributed by atoms with van der Waals surface area (Å²) in [5.74, 6) is 0.195. The van der Waals surface area contributed by atoms with Gasteiger partial charge in [0.2, 0.25) is 0 Å². The number of rotatable bonds is 13. The molecule has 1 N–H and O–H groups in total. The molecule has 0 saturated heterocycles. The third kappa shape index (κ3) is 8.61. The fourth-order valence-electron chi connectivity index (χ4n) is 2.74. The summed E-state index contributed by atoms with van der Waals surface area (Å²) >= 11 is 0. The number of ketones is 1. The second kappa shape index (κ2) is 12.6.